The molecule has 1 fully saturated rings. The summed E-state index contributed by atoms with van der Waals surface area (Å²) in [4.78, 5) is 2.21. The number of benzene rings is 1. The first kappa shape index (κ1) is 11.0. The lowest BCUT2D eigenvalue weighted by Gasteiger charge is -2.33. The van der Waals surface area contributed by atoms with Gasteiger partial charge >= 0.3 is 0 Å². The Balaban J connectivity index is 2.19. The maximum absolute atomic E-state index is 9.06. The Hall–Kier alpha value is -1.53. The number of nitrogens with zero attached hydrogens (tertiary/aromatic N) is 2. The number of para-hydroxylation sites is 1. The first-order chi connectivity index (χ1) is 7.83. The second-order valence-electron chi connectivity index (χ2n) is 4.08. The minimum atomic E-state index is 0.489. The molecule has 0 radical (unpaired) electrons. The quantitative estimate of drug-likeness (QED) is 0.760. The zero-order chi connectivity index (χ0) is 11.4. The molecule has 2 rings (SSSR count). The molecule has 1 saturated heterocycles. The SMILES string of the molecule is CN(c1ccccc1C#N)C1CCOCC1. The van der Waals surface area contributed by atoms with E-state index in [0.717, 1.165) is 37.3 Å². The van der Waals surface area contributed by atoms with Gasteiger partial charge in [0, 0.05) is 26.3 Å². The number of rotatable bonds is 2. The van der Waals surface area contributed by atoms with E-state index in [2.05, 4.69) is 18.0 Å². The number of nitriles is 1. The smallest absolute Gasteiger partial charge is 0.101 e. The molecule has 0 N–H and O–H groups in total. The van der Waals surface area contributed by atoms with Crippen molar-refractivity contribution in [2.75, 3.05) is 25.2 Å². The van der Waals surface area contributed by atoms with E-state index in [1.54, 1.807) is 0 Å². The second-order valence-corrected chi connectivity index (χ2v) is 4.08. The molecular weight excluding hydrogens is 200 g/mol. The van der Waals surface area contributed by atoms with E-state index >= 15 is 0 Å². The molecule has 0 bridgehead atoms. The maximum atomic E-state index is 9.06. The monoisotopic (exact) mass is 216 g/mol. The molecule has 1 heterocycles. The summed E-state index contributed by atoms with van der Waals surface area (Å²) < 4.78 is 5.35. The van der Waals surface area contributed by atoms with Crippen LogP contribution in [0, 0.1) is 11.3 Å². The van der Waals surface area contributed by atoms with E-state index in [1.807, 2.05) is 24.3 Å². The lowest BCUT2D eigenvalue weighted by atomic mass is 10.1. The molecule has 0 atom stereocenters. The van der Waals surface area contributed by atoms with Crippen LogP contribution in [-0.2, 0) is 4.74 Å². The molecule has 0 amide bonds. The lowest BCUT2D eigenvalue weighted by molar-refractivity contribution is 0.0855. The van der Waals surface area contributed by atoms with Crippen molar-refractivity contribution < 1.29 is 4.74 Å². The van der Waals surface area contributed by atoms with Crippen LogP contribution in [0.25, 0.3) is 0 Å². The van der Waals surface area contributed by atoms with Crippen LogP contribution in [-0.4, -0.2) is 26.3 Å². The van der Waals surface area contributed by atoms with Crippen molar-refractivity contribution in [2.24, 2.45) is 0 Å². The predicted octanol–water partition coefficient (Wildman–Crippen LogP) is 2.17. The molecule has 84 valence electrons. The number of anilines is 1. The number of hydrogen-bond donors (Lipinski definition) is 0. The lowest BCUT2D eigenvalue weighted by Crippen LogP contribution is -2.37. The highest BCUT2D eigenvalue weighted by Crippen LogP contribution is 2.24. The van der Waals surface area contributed by atoms with Crippen LogP contribution in [0.5, 0.6) is 0 Å². The highest BCUT2D eigenvalue weighted by atomic mass is 16.5. The molecule has 0 unspecified atom stereocenters. The van der Waals surface area contributed by atoms with Crippen LogP contribution < -0.4 is 4.90 Å². The van der Waals surface area contributed by atoms with Gasteiger partial charge in [-0.25, -0.2) is 0 Å². The van der Waals surface area contributed by atoms with Gasteiger partial charge in [0.15, 0.2) is 0 Å². The van der Waals surface area contributed by atoms with Gasteiger partial charge < -0.3 is 9.64 Å². The highest BCUT2D eigenvalue weighted by Gasteiger charge is 2.20. The largest absolute Gasteiger partial charge is 0.381 e. The molecule has 0 spiro atoms. The maximum Gasteiger partial charge on any atom is 0.101 e. The minimum Gasteiger partial charge on any atom is -0.381 e. The van der Waals surface area contributed by atoms with Gasteiger partial charge in [0.05, 0.1) is 11.3 Å². The zero-order valence-electron chi connectivity index (χ0n) is 9.52. The third-order valence-corrected chi connectivity index (χ3v) is 3.14. The van der Waals surface area contributed by atoms with Crippen molar-refractivity contribution in [2.45, 2.75) is 18.9 Å². The van der Waals surface area contributed by atoms with E-state index in [4.69, 9.17) is 10.00 Å². The molecule has 1 aromatic carbocycles. The van der Waals surface area contributed by atoms with E-state index in [9.17, 15) is 0 Å². The van der Waals surface area contributed by atoms with Crippen LogP contribution in [0.3, 0.4) is 0 Å². The van der Waals surface area contributed by atoms with Gasteiger partial charge in [-0.05, 0) is 25.0 Å². The van der Waals surface area contributed by atoms with Crippen LogP contribution in [0.15, 0.2) is 24.3 Å². The molecule has 1 aromatic rings. The van der Waals surface area contributed by atoms with Gasteiger partial charge in [0.25, 0.3) is 0 Å². The van der Waals surface area contributed by atoms with Crippen LogP contribution in [0.2, 0.25) is 0 Å². The summed E-state index contributed by atoms with van der Waals surface area (Å²) in [7, 11) is 2.06. The Kier molecular flexibility index (Phi) is 3.43. The second kappa shape index (κ2) is 5.00. The summed E-state index contributed by atoms with van der Waals surface area (Å²) in [5.41, 5.74) is 1.77. The predicted molar refractivity (Wildman–Crippen MR) is 63.4 cm³/mol. The van der Waals surface area contributed by atoms with Crippen molar-refractivity contribution in [1.29, 1.82) is 5.26 Å². The normalized spacial score (nSPS) is 16.8. The Morgan fingerprint density at radius 3 is 2.69 bits per heavy atom. The summed E-state index contributed by atoms with van der Waals surface area (Å²) in [5, 5.41) is 9.06. The molecule has 0 aliphatic carbocycles. The molecule has 1 aliphatic heterocycles. The van der Waals surface area contributed by atoms with Crippen molar-refractivity contribution in [1.82, 2.24) is 0 Å². The van der Waals surface area contributed by atoms with Crippen LogP contribution in [0.4, 0.5) is 5.69 Å². The Bertz CT molecular complexity index is 391. The van der Waals surface area contributed by atoms with Crippen molar-refractivity contribution >= 4 is 5.69 Å². The molecular formula is C13H16N2O. The summed E-state index contributed by atoms with van der Waals surface area (Å²) in [6, 6.07) is 10.5. The van der Waals surface area contributed by atoms with Crippen molar-refractivity contribution in [3.8, 4) is 6.07 Å². The third-order valence-electron chi connectivity index (χ3n) is 3.14. The molecule has 3 heteroatoms. The van der Waals surface area contributed by atoms with Gasteiger partial charge in [-0.15, -0.1) is 0 Å². The molecule has 1 aliphatic rings. The van der Waals surface area contributed by atoms with Gasteiger partial charge in [0.2, 0.25) is 0 Å². The third kappa shape index (κ3) is 2.17. The summed E-state index contributed by atoms with van der Waals surface area (Å²) in [6.45, 7) is 1.65. The minimum absolute atomic E-state index is 0.489. The van der Waals surface area contributed by atoms with Gasteiger partial charge in [-0.2, -0.15) is 5.26 Å². The number of hydrogen-bond acceptors (Lipinski definition) is 3. The van der Waals surface area contributed by atoms with Crippen molar-refractivity contribution in [3.05, 3.63) is 29.8 Å². The molecule has 0 saturated carbocycles. The first-order valence-electron chi connectivity index (χ1n) is 5.62. The van der Waals surface area contributed by atoms with E-state index in [1.165, 1.54) is 0 Å². The van der Waals surface area contributed by atoms with E-state index < -0.39 is 0 Å². The van der Waals surface area contributed by atoms with Gasteiger partial charge in [0.1, 0.15) is 6.07 Å². The van der Waals surface area contributed by atoms with Crippen LogP contribution >= 0.6 is 0 Å². The fourth-order valence-corrected chi connectivity index (χ4v) is 2.14. The van der Waals surface area contributed by atoms with Crippen LogP contribution in [0.1, 0.15) is 18.4 Å². The standard InChI is InChI=1S/C13H16N2O/c1-15(12-6-8-16-9-7-12)13-5-3-2-4-11(13)10-14/h2-5,12H,6-9H2,1H3. The highest BCUT2D eigenvalue weighted by molar-refractivity contribution is 5.59. The topological polar surface area (TPSA) is 36.3 Å². The average Bonchev–Trinajstić information content (AvgIpc) is 2.39. The van der Waals surface area contributed by atoms with Gasteiger partial charge in [-0.1, -0.05) is 12.1 Å². The summed E-state index contributed by atoms with van der Waals surface area (Å²) in [6.07, 6.45) is 2.08. The van der Waals surface area contributed by atoms with Gasteiger partial charge in [-0.3, -0.25) is 0 Å². The molecule has 0 aromatic heterocycles. The summed E-state index contributed by atoms with van der Waals surface area (Å²) >= 11 is 0. The fraction of sp³-hybridized carbons (Fsp3) is 0.462. The molecule has 3 nitrogen and oxygen atoms in total. The van der Waals surface area contributed by atoms with E-state index in [0.29, 0.717) is 6.04 Å². The Morgan fingerprint density at radius 2 is 2.00 bits per heavy atom. The zero-order valence-corrected chi connectivity index (χ0v) is 9.52. The average molecular weight is 216 g/mol. The Labute approximate surface area is 96.2 Å². The summed E-state index contributed by atoms with van der Waals surface area (Å²) in [5.74, 6) is 0. The van der Waals surface area contributed by atoms with E-state index in [-0.39, 0.29) is 0 Å². The number of ether oxygens (including phenoxy) is 1. The Morgan fingerprint density at radius 1 is 1.31 bits per heavy atom. The molecule has 16 heavy (non-hydrogen) atoms. The first-order valence-corrected chi connectivity index (χ1v) is 5.62. The van der Waals surface area contributed by atoms with Crippen molar-refractivity contribution in [3.63, 3.8) is 0 Å². The fourth-order valence-electron chi connectivity index (χ4n) is 2.14.